The highest BCUT2D eigenvalue weighted by molar-refractivity contribution is 7.96. The van der Waals surface area contributed by atoms with Gasteiger partial charge in [-0.15, -0.1) is 0 Å². The Morgan fingerprint density at radius 2 is 2.11 bits per heavy atom. The Balaban J connectivity index is 2.31. The van der Waals surface area contributed by atoms with Gasteiger partial charge in [0.2, 0.25) is 0 Å². The number of nitrogens with zero attached hydrogens (tertiary/aromatic N) is 1. The summed E-state index contributed by atoms with van der Waals surface area (Å²) >= 11 is 0. The second kappa shape index (κ2) is 5.57. The van der Waals surface area contributed by atoms with Gasteiger partial charge in [0.05, 0.1) is 16.3 Å². The molecule has 0 saturated carbocycles. The van der Waals surface area contributed by atoms with Crippen molar-refractivity contribution in [1.29, 1.82) is 0 Å². The zero-order valence-corrected chi connectivity index (χ0v) is 11.9. The average molecular weight is 278 g/mol. The Bertz CT molecular complexity index is 616. The van der Waals surface area contributed by atoms with Crippen LogP contribution in [0.4, 0.5) is 5.69 Å². The van der Waals surface area contributed by atoms with Crippen LogP contribution in [0.2, 0.25) is 0 Å². The molecule has 1 N–H and O–H groups in total. The van der Waals surface area contributed by atoms with E-state index < -0.39 is 10.0 Å². The van der Waals surface area contributed by atoms with Crippen LogP contribution in [0.3, 0.4) is 0 Å². The number of nitrogens with one attached hydrogen (secondary N) is 1. The summed E-state index contributed by atoms with van der Waals surface area (Å²) in [5.74, 6) is 0.162. The van der Waals surface area contributed by atoms with Crippen LogP contribution >= 0.6 is 0 Å². The van der Waals surface area contributed by atoms with Crippen LogP contribution in [0.5, 0.6) is 0 Å². The molecule has 0 amide bonds. The molecule has 19 heavy (non-hydrogen) atoms. The summed E-state index contributed by atoms with van der Waals surface area (Å²) in [6.45, 7) is 3.97. The summed E-state index contributed by atoms with van der Waals surface area (Å²) in [5, 5.41) is 0. The van der Waals surface area contributed by atoms with E-state index in [9.17, 15) is 8.42 Å². The van der Waals surface area contributed by atoms with Crippen LogP contribution in [0.25, 0.3) is 0 Å². The molecule has 1 aromatic rings. The van der Waals surface area contributed by atoms with E-state index in [0.717, 1.165) is 18.5 Å². The first-order valence-corrected chi connectivity index (χ1v) is 7.83. The quantitative estimate of drug-likeness (QED) is 0.920. The first-order chi connectivity index (χ1) is 9.00. The summed E-state index contributed by atoms with van der Waals surface area (Å²) in [6, 6.07) is 3.47. The van der Waals surface area contributed by atoms with Crippen molar-refractivity contribution >= 4 is 15.7 Å². The van der Waals surface area contributed by atoms with Crippen LogP contribution < -0.4 is 4.72 Å². The second-order valence-electron chi connectivity index (χ2n) is 4.78. The monoisotopic (exact) mass is 278 g/mol. The topological polar surface area (TPSA) is 59.1 Å². The molecule has 1 aliphatic rings. The first-order valence-electron chi connectivity index (χ1n) is 6.35. The van der Waals surface area contributed by atoms with Gasteiger partial charge in [0.25, 0.3) is 10.0 Å². The van der Waals surface area contributed by atoms with E-state index in [0.29, 0.717) is 10.6 Å². The molecule has 0 spiro atoms. The third-order valence-corrected chi connectivity index (χ3v) is 4.31. The molecule has 0 saturated heterocycles. The minimum Gasteiger partial charge on any atom is -0.278 e. The number of rotatable bonds is 4. The summed E-state index contributed by atoms with van der Waals surface area (Å²) in [4.78, 5) is 4.57. The molecule has 4 nitrogen and oxygen atoms in total. The summed E-state index contributed by atoms with van der Waals surface area (Å²) < 4.78 is 27.2. The lowest BCUT2D eigenvalue weighted by Crippen LogP contribution is -2.16. The predicted octanol–water partition coefficient (Wildman–Crippen LogP) is 3.18. The largest absolute Gasteiger partial charge is 0.278 e. The van der Waals surface area contributed by atoms with Crippen molar-refractivity contribution < 1.29 is 8.42 Å². The van der Waals surface area contributed by atoms with Gasteiger partial charge in [-0.3, -0.25) is 9.71 Å². The van der Waals surface area contributed by atoms with Gasteiger partial charge in [0, 0.05) is 6.20 Å². The third-order valence-electron chi connectivity index (χ3n) is 2.90. The molecular formula is C14H18N2O2S. The van der Waals surface area contributed by atoms with Crippen LogP contribution in [0.1, 0.15) is 38.3 Å². The molecule has 0 radical (unpaired) electrons. The van der Waals surface area contributed by atoms with Gasteiger partial charge in [-0.2, -0.15) is 0 Å². The lowest BCUT2D eigenvalue weighted by Gasteiger charge is -2.15. The average Bonchev–Trinajstić information content (AvgIpc) is 2.39. The van der Waals surface area contributed by atoms with Crippen LogP contribution in [-0.2, 0) is 10.0 Å². The van der Waals surface area contributed by atoms with Gasteiger partial charge in [0.1, 0.15) is 0 Å². The fraction of sp³-hybridized carbons (Fsp3) is 0.357. The number of hydrogen-bond donors (Lipinski definition) is 1. The van der Waals surface area contributed by atoms with E-state index in [4.69, 9.17) is 0 Å². The van der Waals surface area contributed by atoms with E-state index in [1.54, 1.807) is 30.5 Å². The smallest absolute Gasteiger partial charge is 0.261 e. The molecule has 0 atom stereocenters. The van der Waals surface area contributed by atoms with E-state index in [2.05, 4.69) is 9.71 Å². The number of hydrogen-bond acceptors (Lipinski definition) is 3. The van der Waals surface area contributed by atoms with Gasteiger partial charge in [0.15, 0.2) is 0 Å². The van der Waals surface area contributed by atoms with Crippen LogP contribution in [0.15, 0.2) is 41.5 Å². The van der Waals surface area contributed by atoms with E-state index >= 15 is 0 Å². The van der Waals surface area contributed by atoms with Crippen molar-refractivity contribution in [2.75, 3.05) is 4.72 Å². The number of allylic oxidation sites excluding steroid dienone is 3. The van der Waals surface area contributed by atoms with Gasteiger partial charge < -0.3 is 0 Å². The highest BCUT2D eigenvalue weighted by Gasteiger charge is 2.19. The maximum atomic E-state index is 12.3. The van der Waals surface area contributed by atoms with Crippen molar-refractivity contribution in [3.8, 4) is 0 Å². The lowest BCUT2D eigenvalue weighted by atomic mass is 10.1. The predicted molar refractivity (Wildman–Crippen MR) is 77.3 cm³/mol. The molecule has 0 aromatic carbocycles. The summed E-state index contributed by atoms with van der Waals surface area (Å²) in [5.41, 5.74) is 1.31. The van der Waals surface area contributed by atoms with E-state index in [1.165, 1.54) is 0 Å². The number of anilines is 1. The maximum Gasteiger partial charge on any atom is 0.261 e. The van der Waals surface area contributed by atoms with Crippen molar-refractivity contribution in [3.05, 3.63) is 47.2 Å². The van der Waals surface area contributed by atoms with Crippen molar-refractivity contribution in [2.24, 2.45) is 0 Å². The Kier molecular flexibility index (Phi) is 4.04. The zero-order chi connectivity index (χ0) is 13.9. The molecule has 1 aliphatic carbocycles. The third kappa shape index (κ3) is 3.23. The van der Waals surface area contributed by atoms with Gasteiger partial charge >= 0.3 is 0 Å². The fourth-order valence-corrected chi connectivity index (χ4v) is 3.15. The summed E-state index contributed by atoms with van der Waals surface area (Å²) in [6.07, 6.45) is 8.60. The Morgan fingerprint density at radius 1 is 1.32 bits per heavy atom. The molecule has 0 aliphatic heterocycles. The Morgan fingerprint density at radius 3 is 2.74 bits per heavy atom. The second-order valence-corrected chi connectivity index (χ2v) is 6.47. The van der Waals surface area contributed by atoms with Gasteiger partial charge in [-0.25, -0.2) is 8.42 Å². The molecule has 102 valence electrons. The molecule has 1 aromatic heterocycles. The normalized spacial score (nSPS) is 15.4. The van der Waals surface area contributed by atoms with Crippen molar-refractivity contribution in [2.45, 2.75) is 32.6 Å². The van der Waals surface area contributed by atoms with Crippen LogP contribution in [-0.4, -0.2) is 13.4 Å². The standard InChI is InChI=1S/C14H18N2O2S/c1-11(2)14-13(9-6-10-15-14)16-19(17,18)12-7-4-3-5-8-12/h4,6-11,16H,3,5H2,1-2H3. The minimum absolute atomic E-state index is 0.162. The SMILES string of the molecule is CC(C)c1ncccc1NS(=O)(=O)C1=CCCC=C1. The molecule has 0 bridgehead atoms. The molecular weight excluding hydrogens is 260 g/mol. The van der Waals surface area contributed by atoms with Gasteiger partial charge in [-0.05, 0) is 37.0 Å². The Labute approximate surface area is 114 Å². The molecule has 5 heteroatoms. The number of pyridine rings is 1. The minimum atomic E-state index is -3.51. The van der Waals surface area contributed by atoms with Crippen molar-refractivity contribution in [1.82, 2.24) is 4.98 Å². The highest BCUT2D eigenvalue weighted by Crippen LogP contribution is 2.25. The molecule has 0 fully saturated rings. The molecule has 1 heterocycles. The highest BCUT2D eigenvalue weighted by atomic mass is 32.2. The fourth-order valence-electron chi connectivity index (χ4n) is 1.96. The molecule has 2 rings (SSSR count). The first kappa shape index (κ1) is 13.8. The zero-order valence-electron chi connectivity index (χ0n) is 11.1. The summed E-state index contributed by atoms with van der Waals surface area (Å²) in [7, 11) is -3.51. The van der Waals surface area contributed by atoms with E-state index in [-0.39, 0.29) is 5.92 Å². The van der Waals surface area contributed by atoms with Gasteiger partial charge in [-0.1, -0.05) is 26.0 Å². The number of sulfonamides is 1. The van der Waals surface area contributed by atoms with Crippen molar-refractivity contribution in [3.63, 3.8) is 0 Å². The van der Waals surface area contributed by atoms with Crippen LogP contribution in [0, 0.1) is 0 Å². The lowest BCUT2D eigenvalue weighted by molar-refractivity contribution is 0.607. The van der Waals surface area contributed by atoms with E-state index in [1.807, 2.05) is 19.9 Å². The number of aromatic nitrogens is 1. The maximum absolute atomic E-state index is 12.3. The Hall–Kier alpha value is -1.62. The molecule has 0 unspecified atom stereocenters.